The van der Waals surface area contributed by atoms with Gasteiger partial charge in [-0.05, 0) is 42.4 Å². The summed E-state index contributed by atoms with van der Waals surface area (Å²) in [6.07, 6.45) is 2.52. The molecular formula is C15H21F2NO2. The molecule has 2 rings (SSSR count). The third-order valence-corrected chi connectivity index (χ3v) is 3.96. The highest BCUT2D eigenvalue weighted by Gasteiger charge is 2.41. The molecule has 1 aromatic rings. The van der Waals surface area contributed by atoms with E-state index in [4.69, 9.17) is 4.74 Å². The lowest BCUT2D eigenvalue weighted by molar-refractivity contribution is 0.158. The summed E-state index contributed by atoms with van der Waals surface area (Å²) in [4.78, 5) is 0. The summed E-state index contributed by atoms with van der Waals surface area (Å²) >= 11 is 0. The number of nitrogens with one attached hydrogen (secondary N) is 1. The second-order valence-corrected chi connectivity index (χ2v) is 5.56. The van der Waals surface area contributed by atoms with Gasteiger partial charge in [0.05, 0.1) is 6.10 Å². The molecule has 1 aliphatic rings. The van der Waals surface area contributed by atoms with E-state index in [1.807, 2.05) is 0 Å². The van der Waals surface area contributed by atoms with E-state index in [0.717, 1.165) is 31.7 Å². The number of aliphatic hydroxyl groups excluding tert-OH is 1. The average Bonchev–Trinajstić information content (AvgIpc) is 3.20. The van der Waals surface area contributed by atoms with Crippen molar-refractivity contribution in [2.24, 2.45) is 5.41 Å². The van der Waals surface area contributed by atoms with Gasteiger partial charge < -0.3 is 15.2 Å². The Morgan fingerprint density at radius 3 is 2.70 bits per heavy atom. The zero-order valence-electron chi connectivity index (χ0n) is 11.7. The third-order valence-electron chi connectivity index (χ3n) is 3.96. The van der Waals surface area contributed by atoms with Gasteiger partial charge in [0.1, 0.15) is 0 Å². The Bertz CT molecular complexity index is 449. The first-order valence-electron chi connectivity index (χ1n) is 6.89. The molecule has 0 spiro atoms. The van der Waals surface area contributed by atoms with Crippen molar-refractivity contribution in [1.29, 1.82) is 0 Å². The van der Waals surface area contributed by atoms with Gasteiger partial charge in [0, 0.05) is 26.8 Å². The quantitative estimate of drug-likeness (QED) is 0.770. The largest absolute Gasteiger partial charge is 0.387 e. The Morgan fingerprint density at radius 2 is 2.10 bits per heavy atom. The molecule has 1 unspecified atom stereocenters. The van der Waals surface area contributed by atoms with Crippen LogP contribution in [0.3, 0.4) is 0 Å². The minimum Gasteiger partial charge on any atom is -0.387 e. The lowest BCUT2D eigenvalue weighted by Crippen LogP contribution is -2.29. The van der Waals surface area contributed by atoms with Gasteiger partial charge in [0.2, 0.25) is 0 Å². The van der Waals surface area contributed by atoms with Crippen molar-refractivity contribution < 1.29 is 18.6 Å². The zero-order valence-corrected chi connectivity index (χ0v) is 11.7. The molecule has 112 valence electrons. The third kappa shape index (κ3) is 3.98. The summed E-state index contributed by atoms with van der Waals surface area (Å²) in [6, 6.07) is 3.48. The molecule has 0 amide bonds. The average molecular weight is 285 g/mol. The molecule has 0 aromatic heterocycles. The minimum atomic E-state index is -0.930. The maximum absolute atomic E-state index is 13.1. The van der Waals surface area contributed by atoms with Crippen LogP contribution in [-0.4, -0.2) is 31.9 Å². The second-order valence-electron chi connectivity index (χ2n) is 5.56. The fourth-order valence-electron chi connectivity index (χ4n) is 2.32. The molecule has 1 aromatic carbocycles. The first-order chi connectivity index (χ1) is 9.56. The number of benzene rings is 1. The minimum absolute atomic E-state index is 0.295. The first kappa shape index (κ1) is 15.4. The van der Waals surface area contributed by atoms with Crippen LogP contribution in [0.25, 0.3) is 0 Å². The number of halogens is 2. The van der Waals surface area contributed by atoms with Crippen LogP contribution in [0.5, 0.6) is 0 Å². The van der Waals surface area contributed by atoms with Crippen LogP contribution in [0.15, 0.2) is 18.2 Å². The van der Waals surface area contributed by atoms with Crippen molar-refractivity contribution in [3.8, 4) is 0 Å². The molecule has 0 radical (unpaired) electrons. The number of hydrogen-bond donors (Lipinski definition) is 2. The summed E-state index contributed by atoms with van der Waals surface area (Å²) in [5, 5.41) is 13.2. The monoisotopic (exact) mass is 285 g/mol. The van der Waals surface area contributed by atoms with Crippen LogP contribution in [-0.2, 0) is 4.74 Å². The molecule has 3 nitrogen and oxygen atoms in total. The van der Waals surface area contributed by atoms with E-state index < -0.39 is 17.7 Å². The van der Waals surface area contributed by atoms with Crippen LogP contribution in [0.4, 0.5) is 8.78 Å². The number of rotatable bonds is 8. The Morgan fingerprint density at radius 1 is 1.35 bits per heavy atom. The Hall–Kier alpha value is -1.04. The lowest BCUT2D eigenvalue weighted by Gasteiger charge is -2.18. The molecular weight excluding hydrogens is 264 g/mol. The van der Waals surface area contributed by atoms with Crippen molar-refractivity contribution in [3.63, 3.8) is 0 Å². The van der Waals surface area contributed by atoms with Gasteiger partial charge in [0.15, 0.2) is 11.6 Å². The van der Waals surface area contributed by atoms with Crippen LogP contribution in [0.2, 0.25) is 0 Å². The zero-order chi connectivity index (χ0) is 14.6. The van der Waals surface area contributed by atoms with Crippen molar-refractivity contribution in [3.05, 3.63) is 35.4 Å². The number of aliphatic hydroxyl groups is 1. The predicted molar refractivity (Wildman–Crippen MR) is 72.3 cm³/mol. The molecule has 20 heavy (non-hydrogen) atoms. The highest BCUT2D eigenvalue weighted by molar-refractivity contribution is 5.20. The standard InChI is InChI=1S/C15H21F2NO2/c1-20-7-6-15(4-5-15)10-18-9-14(19)11-2-3-12(16)13(17)8-11/h2-3,8,14,18-19H,4-7,9-10H2,1H3. The van der Waals surface area contributed by atoms with Crippen LogP contribution < -0.4 is 5.32 Å². The van der Waals surface area contributed by atoms with E-state index in [-0.39, 0.29) is 0 Å². The van der Waals surface area contributed by atoms with E-state index in [1.165, 1.54) is 18.9 Å². The van der Waals surface area contributed by atoms with Gasteiger partial charge in [-0.1, -0.05) is 6.07 Å². The summed E-state index contributed by atoms with van der Waals surface area (Å²) in [5.74, 6) is -1.83. The summed E-state index contributed by atoms with van der Waals surface area (Å²) < 4.78 is 31.0. The second kappa shape index (κ2) is 6.61. The predicted octanol–water partition coefficient (Wildman–Crippen LogP) is 2.40. The summed E-state index contributed by atoms with van der Waals surface area (Å²) in [5.41, 5.74) is 0.683. The molecule has 2 N–H and O–H groups in total. The summed E-state index contributed by atoms with van der Waals surface area (Å²) in [7, 11) is 1.69. The molecule has 5 heteroatoms. The number of ether oxygens (including phenoxy) is 1. The van der Waals surface area contributed by atoms with E-state index in [2.05, 4.69) is 5.32 Å². The molecule has 0 aliphatic heterocycles. The normalized spacial score (nSPS) is 18.0. The van der Waals surface area contributed by atoms with Gasteiger partial charge in [0.25, 0.3) is 0 Å². The van der Waals surface area contributed by atoms with Crippen molar-refractivity contribution >= 4 is 0 Å². The molecule has 0 heterocycles. The molecule has 1 fully saturated rings. The topological polar surface area (TPSA) is 41.5 Å². The van der Waals surface area contributed by atoms with E-state index in [0.29, 0.717) is 17.5 Å². The van der Waals surface area contributed by atoms with E-state index in [9.17, 15) is 13.9 Å². The van der Waals surface area contributed by atoms with Gasteiger partial charge in [-0.2, -0.15) is 0 Å². The van der Waals surface area contributed by atoms with Crippen molar-refractivity contribution in [1.82, 2.24) is 5.32 Å². The van der Waals surface area contributed by atoms with Gasteiger partial charge in [-0.15, -0.1) is 0 Å². The fourth-order valence-corrected chi connectivity index (χ4v) is 2.32. The molecule has 1 atom stereocenters. The van der Waals surface area contributed by atoms with Crippen molar-refractivity contribution in [2.75, 3.05) is 26.8 Å². The van der Waals surface area contributed by atoms with E-state index >= 15 is 0 Å². The van der Waals surface area contributed by atoms with Crippen LogP contribution in [0.1, 0.15) is 30.9 Å². The van der Waals surface area contributed by atoms with Crippen LogP contribution >= 0.6 is 0 Å². The number of methoxy groups -OCH3 is 1. The number of hydrogen-bond acceptors (Lipinski definition) is 3. The fraction of sp³-hybridized carbons (Fsp3) is 0.600. The smallest absolute Gasteiger partial charge is 0.159 e. The van der Waals surface area contributed by atoms with Gasteiger partial charge in [-0.25, -0.2) is 8.78 Å². The highest BCUT2D eigenvalue weighted by Crippen LogP contribution is 2.48. The Balaban J connectivity index is 1.77. The molecule has 0 saturated heterocycles. The van der Waals surface area contributed by atoms with Gasteiger partial charge >= 0.3 is 0 Å². The molecule has 0 bridgehead atoms. The molecule has 1 saturated carbocycles. The highest BCUT2D eigenvalue weighted by atomic mass is 19.2. The Kier molecular flexibility index (Phi) is 5.07. The molecule has 1 aliphatic carbocycles. The Labute approximate surface area is 117 Å². The lowest BCUT2D eigenvalue weighted by atomic mass is 10.0. The first-order valence-corrected chi connectivity index (χ1v) is 6.89. The SMILES string of the molecule is COCCC1(CNCC(O)c2ccc(F)c(F)c2)CC1. The van der Waals surface area contributed by atoms with E-state index in [1.54, 1.807) is 7.11 Å². The van der Waals surface area contributed by atoms with Gasteiger partial charge in [-0.3, -0.25) is 0 Å². The summed E-state index contributed by atoms with van der Waals surface area (Å²) in [6.45, 7) is 1.89. The maximum atomic E-state index is 13.1. The van der Waals surface area contributed by atoms with Crippen LogP contribution in [0, 0.1) is 17.0 Å². The van der Waals surface area contributed by atoms with Crippen molar-refractivity contribution in [2.45, 2.75) is 25.4 Å². The maximum Gasteiger partial charge on any atom is 0.159 e.